The monoisotopic (exact) mass is 487 g/mol. The number of nitrogens with zero attached hydrogens (tertiary/aromatic N) is 1. The molecule has 0 aliphatic carbocycles. The van der Waals surface area contributed by atoms with E-state index in [2.05, 4.69) is 15.6 Å². The number of hydrogen-bond acceptors (Lipinski definition) is 8. The Morgan fingerprint density at radius 2 is 1.85 bits per heavy atom. The lowest BCUT2D eigenvalue weighted by atomic mass is 10.1. The van der Waals surface area contributed by atoms with Crippen LogP contribution in [0.1, 0.15) is 10.4 Å². The molecular formula is C23H16ClF2N3O5. The summed E-state index contributed by atoms with van der Waals surface area (Å²) in [6, 6.07) is 9.37. The minimum atomic E-state index is -2.69. The molecule has 0 aliphatic heterocycles. The quantitative estimate of drug-likeness (QED) is 0.262. The van der Waals surface area contributed by atoms with Gasteiger partial charge in [0.05, 0.1) is 35.4 Å². The average molecular weight is 488 g/mol. The zero-order chi connectivity index (χ0) is 24.4. The van der Waals surface area contributed by atoms with Gasteiger partial charge in [0.2, 0.25) is 0 Å². The van der Waals surface area contributed by atoms with E-state index in [1.165, 1.54) is 25.4 Å². The van der Waals surface area contributed by atoms with Crippen molar-refractivity contribution in [1.82, 2.24) is 4.98 Å². The molecule has 1 aromatic heterocycles. The highest BCUT2D eigenvalue weighted by molar-refractivity contribution is 6.33. The van der Waals surface area contributed by atoms with E-state index in [0.29, 0.717) is 40.0 Å². The maximum Gasteiger partial charge on any atom is 0.255 e. The van der Waals surface area contributed by atoms with Gasteiger partial charge in [-0.2, -0.15) is 0 Å². The highest BCUT2D eigenvalue weighted by Gasteiger charge is 2.22. The van der Waals surface area contributed by atoms with Crippen LogP contribution in [0.2, 0.25) is 5.02 Å². The van der Waals surface area contributed by atoms with Crippen LogP contribution in [0.5, 0.6) is 17.2 Å². The second-order valence-corrected chi connectivity index (χ2v) is 7.49. The molecule has 2 N–H and O–H groups in total. The summed E-state index contributed by atoms with van der Waals surface area (Å²) in [4.78, 5) is 39.2. The predicted octanol–water partition coefficient (Wildman–Crippen LogP) is 4.52. The van der Waals surface area contributed by atoms with Crippen LogP contribution in [-0.4, -0.2) is 31.4 Å². The highest BCUT2D eigenvalue weighted by atomic mass is 35.5. The number of ether oxygens (including phenoxy) is 2. The number of rotatable bonds is 9. The molecule has 0 radical (unpaired) electrons. The Labute approximate surface area is 195 Å². The smallest absolute Gasteiger partial charge is 0.255 e. The maximum absolute atomic E-state index is 12.4. The minimum Gasteiger partial charge on any atom is -0.496 e. The van der Waals surface area contributed by atoms with E-state index in [4.69, 9.17) is 21.1 Å². The normalized spacial score (nSPS) is 11.1. The zero-order valence-corrected chi connectivity index (χ0v) is 18.3. The summed E-state index contributed by atoms with van der Waals surface area (Å²) in [5.74, 6) is 1.13. The van der Waals surface area contributed by atoms with Gasteiger partial charge < -0.3 is 20.1 Å². The standard InChI is InChI=1S/C23H16ClF2N3O5/c1-33-18-8-16-13(6-11(18)10-30)17(4-5-27-16)34-12-2-3-15(14(24)7-12)29-21-20(22(31)23(21)32)28-9-19(25)26/h2-8,10,19,28-29H,9H2,1H3. The van der Waals surface area contributed by atoms with Crippen LogP contribution >= 0.6 is 11.6 Å². The first-order valence-corrected chi connectivity index (χ1v) is 10.2. The van der Waals surface area contributed by atoms with Gasteiger partial charge in [-0.15, -0.1) is 0 Å². The minimum absolute atomic E-state index is 0.142. The number of fused-ring (bicyclic) bond motifs is 1. The Hall–Kier alpha value is -4.05. The van der Waals surface area contributed by atoms with Gasteiger partial charge >= 0.3 is 0 Å². The average Bonchev–Trinajstić information content (AvgIpc) is 2.83. The fourth-order valence-electron chi connectivity index (χ4n) is 3.30. The molecule has 11 heteroatoms. The zero-order valence-electron chi connectivity index (χ0n) is 17.5. The molecule has 0 spiro atoms. The lowest BCUT2D eigenvalue weighted by Gasteiger charge is -2.16. The van der Waals surface area contributed by atoms with Crippen molar-refractivity contribution in [3.05, 3.63) is 73.6 Å². The molecule has 174 valence electrons. The molecular weight excluding hydrogens is 472 g/mol. The number of halogens is 3. The summed E-state index contributed by atoms with van der Waals surface area (Å²) in [7, 11) is 1.45. The Morgan fingerprint density at radius 3 is 2.53 bits per heavy atom. The third-order valence-corrected chi connectivity index (χ3v) is 5.26. The number of anilines is 3. The Morgan fingerprint density at radius 1 is 1.09 bits per heavy atom. The van der Waals surface area contributed by atoms with Crippen LogP contribution in [0.4, 0.5) is 25.8 Å². The molecule has 0 saturated heterocycles. The number of aldehydes is 1. The van der Waals surface area contributed by atoms with E-state index < -0.39 is 23.8 Å². The van der Waals surface area contributed by atoms with Crippen LogP contribution in [0.25, 0.3) is 10.9 Å². The summed E-state index contributed by atoms with van der Waals surface area (Å²) < 4.78 is 36.0. The Bertz CT molecular complexity index is 1470. The number of alkyl halides is 2. The number of pyridine rings is 1. The summed E-state index contributed by atoms with van der Waals surface area (Å²) >= 11 is 6.31. The second-order valence-electron chi connectivity index (χ2n) is 7.09. The summed E-state index contributed by atoms with van der Waals surface area (Å²) in [5.41, 5.74) is -0.923. The first kappa shape index (κ1) is 23.1. The van der Waals surface area contributed by atoms with Gasteiger partial charge in [-0.05, 0) is 24.3 Å². The van der Waals surface area contributed by atoms with Crippen LogP contribution < -0.4 is 31.0 Å². The van der Waals surface area contributed by atoms with E-state index in [-0.39, 0.29) is 22.1 Å². The van der Waals surface area contributed by atoms with Gasteiger partial charge in [0.15, 0.2) is 6.29 Å². The number of benzene rings is 2. The predicted molar refractivity (Wildman–Crippen MR) is 124 cm³/mol. The molecule has 4 rings (SSSR count). The fraction of sp³-hybridized carbons (Fsp3) is 0.130. The van der Waals surface area contributed by atoms with Crippen LogP contribution in [0.15, 0.2) is 52.2 Å². The van der Waals surface area contributed by atoms with Crippen molar-refractivity contribution in [3.63, 3.8) is 0 Å². The third-order valence-electron chi connectivity index (χ3n) is 4.95. The van der Waals surface area contributed by atoms with Gasteiger partial charge in [-0.25, -0.2) is 8.78 Å². The van der Waals surface area contributed by atoms with E-state index in [9.17, 15) is 23.2 Å². The molecule has 0 atom stereocenters. The Kier molecular flexibility index (Phi) is 6.42. The molecule has 1 heterocycles. The van der Waals surface area contributed by atoms with Gasteiger partial charge in [-0.3, -0.25) is 19.4 Å². The van der Waals surface area contributed by atoms with Crippen molar-refractivity contribution in [3.8, 4) is 17.2 Å². The lowest BCUT2D eigenvalue weighted by Crippen LogP contribution is -2.37. The topological polar surface area (TPSA) is 107 Å². The van der Waals surface area contributed by atoms with E-state index in [1.807, 2.05) is 0 Å². The largest absolute Gasteiger partial charge is 0.496 e. The molecule has 0 aliphatic rings. The summed E-state index contributed by atoms with van der Waals surface area (Å²) in [6.07, 6.45) is -0.488. The van der Waals surface area contributed by atoms with Crippen molar-refractivity contribution < 1.29 is 23.0 Å². The van der Waals surface area contributed by atoms with Crippen LogP contribution in [-0.2, 0) is 0 Å². The molecule has 4 aromatic rings. The molecule has 0 saturated carbocycles. The highest BCUT2D eigenvalue weighted by Crippen LogP contribution is 2.36. The Balaban J connectivity index is 1.59. The van der Waals surface area contributed by atoms with Crippen LogP contribution in [0, 0.1) is 0 Å². The fourth-order valence-corrected chi connectivity index (χ4v) is 3.52. The van der Waals surface area contributed by atoms with Crippen LogP contribution in [0.3, 0.4) is 0 Å². The van der Waals surface area contributed by atoms with E-state index in [0.717, 1.165) is 0 Å². The van der Waals surface area contributed by atoms with E-state index >= 15 is 0 Å². The molecule has 0 amide bonds. The number of carbonyl (C=O) groups is 1. The molecule has 34 heavy (non-hydrogen) atoms. The number of carbonyl (C=O) groups excluding carboxylic acids is 1. The SMILES string of the molecule is COc1cc2nccc(Oc3ccc(Nc4c(NCC(F)F)c(=O)c4=O)c(Cl)c3)c2cc1C=O. The second kappa shape index (κ2) is 9.44. The lowest BCUT2D eigenvalue weighted by molar-refractivity contribution is 0.112. The van der Waals surface area contributed by atoms with Crippen molar-refractivity contribution in [2.24, 2.45) is 0 Å². The van der Waals surface area contributed by atoms with Crippen molar-refractivity contribution in [2.75, 3.05) is 24.3 Å². The van der Waals surface area contributed by atoms with Gasteiger partial charge in [0, 0.05) is 23.7 Å². The van der Waals surface area contributed by atoms with Crippen molar-refractivity contribution in [2.45, 2.75) is 6.43 Å². The molecule has 0 fully saturated rings. The molecule has 3 aromatic carbocycles. The van der Waals surface area contributed by atoms with E-state index in [1.54, 1.807) is 24.3 Å². The third kappa shape index (κ3) is 4.40. The number of hydrogen-bond donors (Lipinski definition) is 2. The molecule has 8 nitrogen and oxygen atoms in total. The maximum atomic E-state index is 12.4. The first-order valence-electron chi connectivity index (χ1n) is 9.84. The van der Waals surface area contributed by atoms with Gasteiger partial charge in [0.25, 0.3) is 17.3 Å². The molecule has 0 bridgehead atoms. The number of aromatic nitrogens is 1. The molecule has 0 unspecified atom stereocenters. The van der Waals surface area contributed by atoms with Crippen molar-refractivity contribution in [1.29, 1.82) is 0 Å². The van der Waals surface area contributed by atoms with Gasteiger partial charge in [-0.1, -0.05) is 11.6 Å². The summed E-state index contributed by atoms with van der Waals surface area (Å²) in [5, 5.41) is 5.68. The number of methoxy groups -OCH3 is 1. The number of nitrogens with one attached hydrogen (secondary N) is 2. The summed E-state index contributed by atoms with van der Waals surface area (Å²) in [6.45, 7) is -0.766. The van der Waals surface area contributed by atoms with Gasteiger partial charge in [0.1, 0.15) is 28.6 Å². The first-order chi connectivity index (χ1) is 16.3. The van der Waals surface area contributed by atoms with Crippen molar-refractivity contribution >= 4 is 45.9 Å².